The minimum atomic E-state index is -0.854. The van der Waals surface area contributed by atoms with Gasteiger partial charge in [-0.2, -0.15) is 0 Å². The first-order valence-corrected chi connectivity index (χ1v) is 8.20. The van der Waals surface area contributed by atoms with E-state index < -0.39 is 12.0 Å². The Labute approximate surface area is 117 Å². The van der Waals surface area contributed by atoms with Crippen LogP contribution in [0.25, 0.3) is 0 Å². The topological polar surface area (TPSA) is 57.6 Å². The number of carbonyl (C=O) groups excluding carboxylic acids is 1. The maximum atomic E-state index is 12.7. The van der Waals surface area contributed by atoms with Crippen LogP contribution in [0.3, 0.4) is 0 Å². The van der Waals surface area contributed by atoms with E-state index in [0.717, 1.165) is 24.7 Å². The molecule has 3 aliphatic rings. The maximum Gasteiger partial charge on any atom is 0.327 e. The van der Waals surface area contributed by atoms with Crippen molar-refractivity contribution in [2.24, 2.45) is 23.7 Å². The molecule has 2 saturated carbocycles. The lowest BCUT2D eigenvalue weighted by atomic mass is 10.00. The van der Waals surface area contributed by atoms with Crippen LogP contribution in [0.4, 0.5) is 0 Å². The first-order valence-electron chi connectivity index (χ1n) is 7.15. The van der Waals surface area contributed by atoms with Crippen molar-refractivity contribution in [3.05, 3.63) is 0 Å². The van der Waals surface area contributed by atoms with Crippen molar-refractivity contribution in [1.82, 2.24) is 4.90 Å². The molecule has 3 fully saturated rings. The Bertz CT molecular complexity index is 401. The number of nitrogens with zero attached hydrogens (tertiary/aromatic N) is 1. The average Bonchev–Trinajstić information content (AvgIpc) is 2.81. The molecule has 0 radical (unpaired) electrons. The van der Waals surface area contributed by atoms with Gasteiger partial charge in [-0.25, -0.2) is 4.79 Å². The zero-order valence-electron chi connectivity index (χ0n) is 11.4. The molecule has 1 N–H and O–H groups in total. The summed E-state index contributed by atoms with van der Waals surface area (Å²) in [6.07, 6.45) is 3.26. The second-order valence-corrected chi connectivity index (χ2v) is 7.64. The molecule has 0 aromatic rings. The van der Waals surface area contributed by atoms with E-state index in [9.17, 15) is 14.7 Å². The first-order chi connectivity index (χ1) is 8.99. The van der Waals surface area contributed by atoms with Gasteiger partial charge < -0.3 is 10.0 Å². The van der Waals surface area contributed by atoms with Crippen LogP contribution in [0.5, 0.6) is 0 Å². The highest BCUT2D eigenvalue weighted by Crippen LogP contribution is 2.55. The normalized spacial score (nSPS) is 40.6. The standard InChI is InChI=1S/C14H21NO3S/c1-7(2)13-15(11(6-19-13)14(17)18)12(16)10-4-8-3-9(8)5-10/h7-11,13H,3-6H2,1-2H3,(H,17,18). The maximum absolute atomic E-state index is 12.7. The van der Waals surface area contributed by atoms with Crippen LogP contribution >= 0.6 is 11.8 Å². The third-order valence-electron chi connectivity index (χ3n) is 4.74. The van der Waals surface area contributed by atoms with Gasteiger partial charge in [-0.3, -0.25) is 4.79 Å². The molecule has 1 saturated heterocycles. The van der Waals surface area contributed by atoms with Gasteiger partial charge in [-0.05, 0) is 37.0 Å². The Balaban J connectivity index is 1.76. The van der Waals surface area contributed by atoms with Crippen LogP contribution in [0.2, 0.25) is 0 Å². The molecule has 106 valence electrons. The lowest BCUT2D eigenvalue weighted by Crippen LogP contribution is -2.49. The van der Waals surface area contributed by atoms with E-state index in [0.29, 0.717) is 11.7 Å². The number of rotatable bonds is 3. The van der Waals surface area contributed by atoms with Crippen molar-refractivity contribution in [3.8, 4) is 0 Å². The zero-order valence-corrected chi connectivity index (χ0v) is 12.2. The fourth-order valence-electron chi connectivity index (χ4n) is 3.64. The van der Waals surface area contributed by atoms with Crippen molar-refractivity contribution in [3.63, 3.8) is 0 Å². The molecule has 0 aromatic heterocycles. The van der Waals surface area contributed by atoms with Crippen LogP contribution in [0.15, 0.2) is 0 Å². The Morgan fingerprint density at radius 1 is 1.21 bits per heavy atom. The number of hydrogen-bond donors (Lipinski definition) is 1. The Kier molecular flexibility index (Phi) is 3.28. The van der Waals surface area contributed by atoms with Gasteiger partial charge in [0.15, 0.2) is 0 Å². The molecule has 2 aliphatic carbocycles. The quantitative estimate of drug-likeness (QED) is 0.861. The van der Waals surface area contributed by atoms with E-state index in [1.54, 1.807) is 16.7 Å². The fourth-order valence-corrected chi connectivity index (χ4v) is 5.12. The third kappa shape index (κ3) is 2.26. The summed E-state index contributed by atoms with van der Waals surface area (Å²) >= 11 is 1.62. The van der Waals surface area contributed by atoms with Crippen molar-refractivity contribution in [1.29, 1.82) is 0 Å². The lowest BCUT2D eigenvalue weighted by molar-refractivity contribution is -0.151. The van der Waals surface area contributed by atoms with Crippen LogP contribution in [0.1, 0.15) is 33.1 Å². The van der Waals surface area contributed by atoms with Crippen LogP contribution in [-0.4, -0.2) is 39.1 Å². The third-order valence-corrected chi connectivity index (χ3v) is 6.36. The SMILES string of the molecule is CC(C)C1SCC(C(=O)O)N1C(=O)C1CC2CC2C1. The van der Waals surface area contributed by atoms with E-state index in [1.165, 1.54) is 6.42 Å². The van der Waals surface area contributed by atoms with Crippen molar-refractivity contribution in [2.75, 3.05) is 5.75 Å². The molecule has 19 heavy (non-hydrogen) atoms. The van der Waals surface area contributed by atoms with Gasteiger partial charge >= 0.3 is 5.97 Å². The number of amides is 1. The molecule has 4 unspecified atom stereocenters. The highest BCUT2D eigenvalue weighted by atomic mass is 32.2. The largest absolute Gasteiger partial charge is 0.480 e. The zero-order chi connectivity index (χ0) is 13.7. The second-order valence-electron chi connectivity index (χ2n) is 6.49. The molecule has 0 spiro atoms. The van der Waals surface area contributed by atoms with Gasteiger partial charge in [0.1, 0.15) is 6.04 Å². The molecule has 1 heterocycles. The summed E-state index contributed by atoms with van der Waals surface area (Å²) in [5.74, 6) is 1.67. The van der Waals surface area contributed by atoms with Crippen LogP contribution in [0, 0.1) is 23.7 Å². The Morgan fingerprint density at radius 3 is 2.37 bits per heavy atom. The van der Waals surface area contributed by atoms with Gasteiger partial charge in [0.2, 0.25) is 5.91 Å². The first kappa shape index (κ1) is 13.3. The second kappa shape index (κ2) is 4.69. The summed E-state index contributed by atoms with van der Waals surface area (Å²) in [5.41, 5.74) is 0. The van der Waals surface area contributed by atoms with Gasteiger partial charge in [-0.15, -0.1) is 11.8 Å². The van der Waals surface area contributed by atoms with Gasteiger partial charge in [0.05, 0.1) is 5.37 Å². The molecule has 1 aliphatic heterocycles. The van der Waals surface area contributed by atoms with E-state index in [-0.39, 0.29) is 17.2 Å². The molecule has 3 rings (SSSR count). The lowest BCUT2D eigenvalue weighted by Gasteiger charge is -2.32. The predicted octanol–water partition coefficient (Wildman–Crippen LogP) is 2.04. The van der Waals surface area contributed by atoms with Crippen molar-refractivity contribution < 1.29 is 14.7 Å². The van der Waals surface area contributed by atoms with E-state index in [4.69, 9.17) is 0 Å². The average molecular weight is 283 g/mol. The minimum absolute atomic E-state index is 0.0329. The van der Waals surface area contributed by atoms with E-state index in [2.05, 4.69) is 13.8 Å². The highest BCUT2D eigenvalue weighted by Gasteiger charge is 2.52. The molecular formula is C14H21NO3S. The number of hydrogen-bond acceptors (Lipinski definition) is 3. The summed E-state index contributed by atoms with van der Waals surface area (Å²) in [5, 5.41) is 9.36. The molecule has 4 nitrogen and oxygen atoms in total. The summed E-state index contributed by atoms with van der Waals surface area (Å²) in [6.45, 7) is 4.13. The molecule has 0 aromatic carbocycles. The van der Waals surface area contributed by atoms with Crippen molar-refractivity contribution >= 4 is 23.6 Å². The number of carbonyl (C=O) groups is 2. The van der Waals surface area contributed by atoms with Gasteiger partial charge in [0, 0.05) is 11.7 Å². The molecule has 4 atom stereocenters. The Hall–Kier alpha value is -0.710. The molecule has 1 amide bonds. The number of carboxylic acids is 1. The minimum Gasteiger partial charge on any atom is -0.480 e. The molecule has 5 heteroatoms. The van der Waals surface area contributed by atoms with Gasteiger partial charge in [0.25, 0.3) is 0 Å². The summed E-state index contributed by atoms with van der Waals surface area (Å²) in [6, 6.07) is -0.623. The van der Waals surface area contributed by atoms with Crippen LogP contribution < -0.4 is 0 Å². The van der Waals surface area contributed by atoms with E-state index in [1.807, 2.05) is 0 Å². The highest BCUT2D eigenvalue weighted by molar-refractivity contribution is 8.00. The number of thioether (sulfide) groups is 1. The summed E-state index contributed by atoms with van der Waals surface area (Å²) in [4.78, 5) is 25.7. The van der Waals surface area contributed by atoms with Crippen LogP contribution in [-0.2, 0) is 9.59 Å². The Morgan fingerprint density at radius 2 is 1.84 bits per heavy atom. The smallest absolute Gasteiger partial charge is 0.327 e. The summed E-state index contributed by atoms with van der Waals surface area (Å²) < 4.78 is 0. The van der Waals surface area contributed by atoms with E-state index >= 15 is 0 Å². The number of carboxylic acid groups (broad SMARTS) is 1. The monoisotopic (exact) mass is 283 g/mol. The molecular weight excluding hydrogens is 262 g/mol. The number of fused-ring (bicyclic) bond motifs is 1. The molecule has 0 bridgehead atoms. The number of aliphatic carboxylic acids is 1. The van der Waals surface area contributed by atoms with Gasteiger partial charge in [-0.1, -0.05) is 13.8 Å². The fraction of sp³-hybridized carbons (Fsp3) is 0.857. The summed E-state index contributed by atoms with van der Waals surface area (Å²) in [7, 11) is 0. The van der Waals surface area contributed by atoms with Crippen molar-refractivity contribution in [2.45, 2.75) is 44.5 Å². The predicted molar refractivity (Wildman–Crippen MR) is 73.7 cm³/mol.